The molecule has 0 saturated heterocycles. The van der Waals surface area contributed by atoms with Gasteiger partial charge in [0.05, 0.1) is 11.1 Å². The minimum atomic E-state index is -4.41. The maximum Gasteiger partial charge on any atom is 0.419 e. The van der Waals surface area contributed by atoms with Crippen LogP contribution >= 0.6 is 0 Å². The summed E-state index contributed by atoms with van der Waals surface area (Å²) in [4.78, 5) is 24.2. The van der Waals surface area contributed by atoms with Crippen LogP contribution in [0.2, 0.25) is 0 Å². The molecule has 0 aliphatic carbocycles. The molecule has 0 radical (unpaired) electrons. The lowest BCUT2D eigenvalue weighted by Crippen LogP contribution is -2.36. The Balaban J connectivity index is 1.55. The van der Waals surface area contributed by atoms with Crippen molar-refractivity contribution in [3.05, 3.63) is 70.2 Å². The number of rotatable bonds is 7. The van der Waals surface area contributed by atoms with Crippen LogP contribution in [-0.2, 0) is 22.9 Å². The average Bonchev–Trinajstić information content (AvgIpc) is 3.01. The molecule has 1 aromatic heterocycles. The Morgan fingerprint density at radius 1 is 1.07 bits per heavy atom. The summed E-state index contributed by atoms with van der Waals surface area (Å²) < 4.78 is 45.5. The van der Waals surface area contributed by atoms with Gasteiger partial charge in [0.2, 0.25) is 5.91 Å². The topological polar surface area (TPSA) is 64.2 Å². The van der Waals surface area contributed by atoms with Crippen molar-refractivity contribution in [2.24, 2.45) is 0 Å². The van der Waals surface area contributed by atoms with Crippen LogP contribution in [0.15, 0.2) is 57.7 Å². The van der Waals surface area contributed by atoms with E-state index >= 15 is 0 Å². The highest BCUT2D eigenvalue weighted by Crippen LogP contribution is 2.32. The molecule has 3 rings (SSSR count). The molecule has 2 aromatic carbocycles. The summed E-state index contributed by atoms with van der Waals surface area (Å²) in [6.07, 6.45) is -3.80. The molecule has 30 heavy (non-hydrogen) atoms. The number of carbonyl (C=O) groups excluding carboxylic acids is 1. The molecule has 0 spiro atoms. The predicted octanol–water partition coefficient (Wildman–Crippen LogP) is 4.49. The molecular weight excluding hydrogens is 397 g/mol. The SMILES string of the molecule is CC(C)(CNC(=O)CCCn1c(=O)oc2ccccc21)c1cccc(C(F)(F)F)c1. The van der Waals surface area contributed by atoms with E-state index in [1.807, 2.05) is 0 Å². The third-order valence-electron chi connectivity index (χ3n) is 5.06. The van der Waals surface area contributed by atoms with Crippen molar-refractivity contribution < 1.29 is 22.4 Å². The molecule has 1 heterocycles. The highest BCUT2D eigenvalue weighted by atomic mass is 19.4. The molecule has 160 valence electrons. The van der Waals surface area contributed by atoms with Crippen molar-refractivity contribution in [3.8, 4) is 0 Å². The smallest absolute Gasteiger partial charge is 0.408 e. The van der Waals surface area contributed by atoms with Gasteiger partial charge in [0.15, 0.2) is 5.58 Å². The van der Waals surface area contributed by atoms with Gasteiger partial charge in [-0.1, -0.05) is 44.2 Å². The second-order valence-corrected chi connectivity index (χ2v) is 7.83. The van der Waals surface area contributed by atoms with Crippen LogP contribution in [0.1, 0.15) is 37.8 Å². The van der Waals surface area contributed by atoms with Gasteiger partial charge in [-0.05, 0) is 30.2 Å². The zero-order valence-corrected chi connectivity index (χ0v) is 16.8. The Kier molecular flexibility index (Phi) is 6.05. The van der Waals surface area contributed by atoms with Crippen molar-refractivity contribution in [2.75, 3.05) is 6.54 Å². The minimum absolute atomic E-state index is 0.185. The number of amides is 1. The quantitative estimate of drug-likeness (QED) is 0.613. The predicted molar refractivity (Wildman–Crippen MR) is 107 cm³/mol. The molecule has 0 unspecified atom stereocenters. The molecule has 0 atom stereocenters. The van der Waals surface area contributed by atoms with Gasteiger partial charge in [-0.25, -0.2) is 4.79 Å². The molecule has 1 amide bonds. The first kappa shape index (κ1) is 21.7. The van der Waals surface area contributed by atoms with E-state index in [9.17, 15) is 22.8 Å². The second-order valence-electron chi connectivity index (χ2n) is 7.83. The van der Waals surface area contributed by atoms with Crippen LogP contribution in [0, 0.1) is 0 Å². The van der Waals surface area contributed by atoms with Gasteiger partial charge in [-0.2, -0.15) is 13.2 Å². The lowest BCUT2D eigenvalue weighted by atomic mass is 9.83. The number of para-hydroxylation sites is 2. The Hall–Kier alpha value is -3.03. The fourth-order valence-electron chi connectivity index (χ4n) is 3.25. The number of aromatic nitrogens is 1. The zero-order valence-electron chi connectivity index (χ0n) is 16.8. The van der Waals surface area contributed by atoms with Crippen molar-refractivity contribution in [1.82, 2.24) is 9.88 Å². The molecule has 0 fully saturated rings. The highest BCUT2D eigenvalue weighted by molar-refractivity contribution is 5.76. The van der Waals surface area contributed by atoms with Gasteiger partial charge in [-0.3, -0.25) is 9.36 Å². The zero-order chi connectivity index (χ0) is 21.9. The van der Waals surface area contributed by atoms with Crippen molar-refractivity contribution in [3.63, 3.8) is 0 Å². The number of fused-ring (bicyclic) bond motifs is 1. The molecule has 5 nitrogen and oxygen atoms in total. The normalized spacial score (nSPS) is 12.3. The van der Waals surface area contributed by atoms with Gasteiger partial charge >= 0.3 is 11.9 Å². The number of hydrogen-bond donors (Lipinski definition) is 1. The molecule has 8 heteroatoms. The van der Waals surface area contributed by atoms with Crippen LogP contribution in [0.3, 0.4) is 0 Å². The van der Waals surface area contributed by atoms with Crippen molar-refractivity contribution >= 4 is 17.0 Å². The molecule has 1 N–H and O–H groups in total. The molecule has 0 saturated carbocycles. The Morgan fingerprint density at radius 2 is 1.77 bits per heavy atom. The number of nitrogens with one attached hydrogen (secondary N) is 1. The van der Waals surface area contributed by atoms with Crippen LogP contribution in [0.4, 0.5) is 13.2 Å². The van der Waals surface area contributed by atoms with Gasteiger partial charge < -0.3 is 9.73 Å². The summed E-state index contributed by atoms with van der Waals surface area (Å²) in [5.41, 5.74) is 0.281. The summed E-state index contributed by atoms with van der Waals surface area (Å²) in [5, 5.41) is 2.78. The molecule has 0 bridgehead atoms. The van der Waals surface area contributed by atoms with Crippen molar-refractivity contribution in [1.29, 1.82) is 0 Å². The number of aryl methyl sites for hydroxylation is 1. The summed E-state index contributed by atoms with van der Waals surface area (Å²) in [5.74, 6) is -0.696. The Morgan fingerprint density at radius 3 is 2.50 bits per heavy atom. The molecule has 3 aromatic rings. The van der Waals surface area contributed by atoms with Gasteiger partial charge in [-0.15, -0.1) is 0 Å². The fraction of sp³-hybridized carbons (Fsp3) is 0.364. The lowest BCUT2D eigenvalue weighted by molar-refractivity contribution is -0.137. The first-order valence-electron chi connectivity index (χ1n) is 9.61. The molecular formula is C22H23F3N2O3. The molecule has 0 aliphatic rings. The van der Waals surface area contributed by atoms with E-state index in [0.717, 1.165) is 12.1 Å². The lowest BCUT2D eigenvalue weighted by Gasteiger charge is -2.26. The number of hydrogen-bond acceptors (Lipinski definition) is 3. The first-order valence-corrected chi connectivity index (χ1v) is 9.61. The monoisotopic (exact) mass is 420 g/mol. The van der Waals surface area contributed by atoms with E-state index in [2.05, 4.69) is 5.32 Å². The highest BCUT2D eigenvalue weighted by Gasteiger charge is 2.32. The summed E-state index contributed by atoms with van der Waals surface area (Å²) in [6.45, 7) is 4.09. The number of oxazole rings is 1. The largest absolute Gasteiger partial charge is 0.419 e. The van der Waals surface area contributed by atoms with E-state index < -0.39 is 22.9 Å². The maximum atomic E-state index is 13.0. The third-order valence-corrected chi connectivity index (χ3v) is 5.06. The van der Waals surface area contributed by atoms with E-state index in [-0.39, 0.29) is 18.9 Å². The Labute approximate surface area is 171 Å². The minimum Gasteiger partial charge on any atom is -0.408 e. The average molecular weight is 420 g/mol. The number of halogens is 3. The fourth-order valence-corrected chi connectivity index (χ4v) is 3.25. The van der Waals surface area contributed by atoms with Crippen LogP contribution in [-0.4, -0.2) is 17.0 Å². The number of carbonyl (C=O) groups is 1. The second kappa shape index (κ2) is 8.38. The van der Waals surface area contributed by atoms with Crippen LogP contribution in [0.25, 0.3) is 11.1 Å². The van der Waals surface area contributed by atoms with Crippen molar-refractivity contribution in [2.45, 2.75) is 44.8 Å². The van der Waals surface area contributed by atoms with Gasteiger partial charge in [0.25, 0.3) is 0 Å². The van der Waals surface area contributed by atoms with Crippen LogP contribution in [0.5, 0.6) is 0 Å². The van der Waals surface area contributed by atoms with Gasteiger partial charge in [0, 0.05) is 24.9 Å². The summed E-state index contributed by atoms with van der Waals surface area (Å²) >= 11 is 0. The third kappa shape index (κ3) is 4.93. The van der Waals surface area contributed by atoms with E-state index in [1.54, 1.807) is 44.2 Å². The number of nitrogens with zero attached hydrogens (tertiary/aromatic N) is 1. The number of benzene rings is 2. The first-order chi connectivity index (χ1) is 14.1. The molecule has 0 aliphatic heterocycles. The standard InChI is InChI=1S/C22H23F3N2O3/c1-21(2,15-7-5-8-16(13-15)22(23,24)25)14-26-19(28)11-6-12-27-17-9-3-4-10-18(17)30-20(27)29/h3-5,7-10,13H,6,11-12,14H2,1-2H3,(H,26,28). The summed E-state index contributed by atoms with van der Waals surface area (Å²) in [6, 6.07) is 12.2. The van der Waals surface area contributed by atoms with Crippen LogP contribution < -0.4 is 11.1 Å². The van der Waals surface area contributed by atoms with E-state index in [4.69, 9.17) is 4.42 Å². The van der Waals surface area contributed by atoms with E-state index in [0.29, 0.717) is 29.6 Å². The van der Waals surface area contributed by atoms with E-state index in [1.165, 1.54) is 10.6 Å². The summed E-state index contributed by atoms with van der Waals surface area (Å²) in [7, 11) is 0. The van der Waals surface area contributed by atoms with Gasteiger partial charge in [0.1, 0.15) is 0 Å². The number of alkyl halides is 3. The Bertz CT molecular complexity index is 1100. The maximum absolute atomic E-state index is 13.0.